The van der Waals surface area contributed by atoms with Gasteiger partial charge in [-0.1, -0.05) is 30.3 Å². The van der Waals surface area contributed by atoms with Crippen LogP contribution in [0.25, 0.3) is 0 Å². The van der Waals surface area contributed by atoms with Crippen LogP contribution in [0.5, 0.6) is 0 Å². The van der Waals surface area contributed by atoms with Gasteiger partial charge in [0.05, 0.1) is 0 Å². The molecule has 0 bridgehead atoms. The lowest BCUT2D eigenvalue weighted by atomic mass is 9.95. The van der Waals surface area contributed by atoms with Crippen LogP contribution in [0.3, 0.4) is 0 Å². The fraction of sp³-hybridized carbons (Fsp3) is 0.267. The monoisotopic (exact) mass is 255 g/mol. The molecule has 1 amide bonds. The van der Waals surface area contributed by atoms with Gasteiger partial charge in [0.15, 0.2) is 0 Å². The van der Waals surface area contributed by atoms with Crippen LogP contribution in [0.2, 0.25) is 0 Å². The molecule has 1 aliphatic rings. The van der Waals surface area contributed by atoms with Crippen molar-refractivity contribution in [2.45, 2.75) is 12.0 Å². The van der Waals surface area contributed by atoms with E-state index in [2.05, 4.69) is 17.1 Å². The van der Waals surface area contributed by atoms with Crippen molar-refractivity contribution < 1.29 is 4.79 Å². The highest BCUT2D eigenvalue weighted by Gasteiger charge is 2.34. The topological polar surface area (TPSA) is 62.1 Å². The molecule has 1 saturated heterocycles. The minimum absolute atomic E-state index is 0.00122. The van der Waals surface area contributed by atoms with Gasteiger partial charge in [-0.3, -0.25) is 4.79 Å². The summed E-state index contributed by atoms with van der Waals surface area (Å²) in [5, 5.41) is 0. The van der Waals surface area contributed by atoms with E-state index >= 15 is 0 Å². The fourth-order valence-electron chi connectivity index (χ4n) is 2.68. The van der Waals surface area contributed by atoms with Gasteiger partial charge in [0.2, 0.25) is 0 Å². The lowest BCUT2D eigenvalue weighted by Gasteiger charge is -2.15. The summed E-state index contributed by atoms with van der Waals surface area (Å²) >= 11 is 0. The zero-order valence-corrected chi connectivity index (χ0v) is 10.6. The number of amides is 1. The van der Waals surface area contributed by atoms with Crippen LogP contribution >= 0.6 is 0 Å². The Hall–Kier alpha value is -2.07. The third-order valence-electron chi connectivity index (χ3n) is 3.71. The summed E-state index contributed by atoms with van der Waals surface area (Å²) in [6.07, 6.45) is 1.76. The number of nitrogens with zero attached hydrogens (tertiary/aromatic N) is 1. The molecule has 0 unspecified atom stereocenters. The summed E-state index contributed by atoms with van der Waals surface area (Å²) < 4.78 is 0. The molecule has 0 spiro atoms. The van der Waals surface area contributed by atoms with E-state index in [4.69, 9.17) is 5.73 Å². The van der Waals surface area contributed by atoms with Crippen molar-refractivity contribution in [2.75, 3.05) is 13.1 Å². The molecular formula is C15H17N3O. The number of H-pyrrole nitrogens is 1. The molecule has 2 heterocycles. The maximum Gasteiger partial charge on any atom is 0.270 e. The minimum Gasteiger partial charge on any atom is -0.357 e. The van der Waals surface area contributed by atoms with E-state index in [1.165, 1.54) is 5.56 Å². The van der Waals surface area contributed by atoms with Crippen molar-refractivity contribution in [3.63, 3.8) is 0 Å². The summed E-state index contributed by atoms with van der Waals surface area (Å²) in [6.45, 7) is 1.29. The molecule has 3 rings (SSSR count). The first-order chi connectivity index (χ1) is 9.25. The Balaban J connectivity index is 1.77. The number of nitrogens with one attached hydrogen (secondary N) is 1. The molecule has 1 aromatic carbocycles. The van der Waals surface area contributed by atoms with Crippen molar-refractivity contribution in [2.24, 2.45) is 5.73 Å². The Kier molecular flexibility index (Phi) is 3.09. The van der Waals surface area contributed by atoms with Gasteiger partial charge in [0.25, 0.3) is 5.91 Å². The lowest BCUT2D eigenvalue weighted by molar-refractivity contribution is 0.0784. The Labute approximate surface area is 112 Å². The first-order valence-corrected chi connectivity index (χ1v) is 6.49. The van der Waals surface area contributed by atoms with E-state index in [-0.39, 0.29) is 17.9 Å². The van der Waals surface area contributed by atoms with Gasteiger partial charge >= 0.3 is 0 Å². The standard InChI is InChI=1S/C15H17N3O/c16-13-10-18(15(19)14-7-4-8-17-14)9-12(13)11-5-2-1-3-6-11/h1-8,12-13,17H,9-10,16H2/t12-,13+/m0/s1. The number of aromatic nitrogens is 1. The summed E-state index contributed by atoms with van der Waals surface area (Å²) in [6, 6.07) is 13.8. The number of likely N-dealkylation sites (tertiary alicyclic amines) is 1. The van der Waals surface area contributed by atoms with Gasteiger partial charge in [0, 0.05) is 31.2 Å². The van der Waals surface area contributed by atoms with Crippen molar-refractivity contribution in [1.82, 2.24) is 9.88 Å². The molecule has 2 atom stereocenters. The van der Waals surface area contributed by atoms with Crippen molar-refractivity contribution in [3.05, 3.63) is 59.9 Å². The third kappa shape index (κ3) is 2.27. The lowest BCUT2D eigenvalue weighted by Crippen LogP contribution is -2.32. The van der Waals surface area contributed by atoms with Crippen LogP contribution in [0, 0.1) is 0 Å². The number of rotatable bonds is 2. The Morgan fingerprint density at radius 3 is 2.63 bits per heavy atom. The molecule has 1 aromatic heterocycles. The molecule has 1 fully saturated rings. The van der Waals surface area contributed by atoms with Gasteiger partial charge in [-0.25, -0.2) is 0 Å². The second-order valence-electron chi connectivity index (χ2n) is 4.97. The van der Waals surface area contributed by atoms with E-state index in [0.29, 0.717) is 18.8 Å². The SMILES string of the molecule is N[C@@H]1CN(C(=O)c2ccc[nH]2)C[C@H]1c1ccccc1. The smallest absolute Gasteiger partial charge is 0.270 e. The highest BCUT2D eigenvalue weighted by molar-refractivity contribution is 5.92. The molecule has 3 N–H and O–H groups in total. The molecule has 0 aliphatic carbocycles. The van der Waals surface area contributed by atoms with Gasteiger partial charge in [-0.2, -0.15) is 0 Å². The van der Waals surface area contributed by atoms with Crippen LogP contribution in [0.15, 0.2) is 48.7 Å². The number of carbonyl (C=O) groups is 1. The van der Waals surface area contributed by atoms with Crippen molar-refractivity contribution >= 4 is 5.91 Å². The highest BCUT2D eigenvalue weighted by Crippen LogP contribution is 2.27. The maximum absolute atomic E-state index is 12.3. The average Bonchev–Trinajstić information content (AvgIpc) is 3.08. The number of nitrogens with two attached hydrogens (primary N) is 1. The van der Waals surface area contributed by atoms with Crippen LogP contribution in [0.1, 0.15) is 22.0 Å². The number of carbonyl (C=O) groups excluding carboxylic acids is 1. The number of hydrogen-bond acceptors (Lipinski definition) is 2. The van der Waals surface area contributed by atoms with Crippen LogP contribution in [-0.2, 0) is 0 Å². The predicted octanol–water partition coefficient (Wildman–Crippen LogP) is 1.58. The number of aromatic amines is 1. The third-order valence-corrected chi connectivity index (χ3v) is 3.71. The van der Waals surface area contributed by atoms with Gasteiger partial charge in [0.1, 0.15) is 5.69 Å². The van der Waals surface area contributed by atoms with E-state index in [1.54, 1.807) is 12.3 Å². The molecule has 1 aliphatic heterocycles. The number of hydrogen-bond donors (Lipinski definition) is 2. The second-order valence-corrected chi connectivity index (χ2v) is 4.97. The summed E-state index contributed by atoms with van der Waals surface area (Å²) in [5.41, 5.74) is 8.02. The summed E-state index contributed by atoms with van der Waals surface area (Å²) in [7, 11) is 0. The van der Waals surface area contributed by atoms with E-state index in [1.807, 2.05) is 29.2 Å². The molecule has 0 saturated carbocycles. The molecule has 0 radical (unpaired) electrons. The first-order valence-electron chi connectivity index (χ1n) is 6.49. The first kappa shape index (κ1) is 12.0. The van der Waals surface area contributed by atoms with Gasteiger partial charge in [-0.05, 0) is 17.7 Å². The fourth-order valence-corrected chi connectivity index (χ4v) is 2.68. The van der Waals surface area contributed by atoms with E-state index < -0.39 is 0 Å². The summed E-state index contributed by atoms with van der Waals surface area (Å²) in [5.74, 6) is 0.249. The molecule has 2 aromatic rings. The molecule has 19 heavy (non-hydrogen) atoms. The number of benzene rings is 1. The Morgan fingerprint density at radius 1 is 1.16 bits per heavy atom. The summed E-state index contributed by atoms with van der Waals surface area (Å²) in [4.78, 5) is 17.0. The van der Waals surface area contributed by atoms with Gasteiger partial charge < -0.3 is 15.6 Å². The Bertz CT molecular complexity index is 550. The van der Waals surface area contributed by atoms with E-state index in [9.17, 15) is 4.79 Å². The molecule has 4 nitrogen and oxygen atoms in total. The van der Waals surface area contributed by atoms with Crippen LogP contribution in [-0.4, -0.2) is 34.9 Å². The van der Waals surface area contributed by atoms with E-state index in [0.717, 1.165) is 0 Å². The second kappa shape index (κ2) is 4.90. The van der Waals surface area contributed by atoms with Crippen LogP contribution in [0.4, 0.5) is 0 Å². The zero-order valence-electron chi connectivity index (χ0n) is 10.6. The average molecular weight is 255 g/mol. The molecule has 4 heteroatoms. The van der Waals surface area contributed by atoms with Crippen molar-refractivity contribution in [3.8, 4) is 0 Å². The largest absolute Gasteiger partial charge is 0.357 e. The minimum atomic E-state index is 0.00122. The van der Waals surface area contributed by atoms with Crippen molar-refractivity contribution in [1.29, 1.82) is 0 Å². The normalized spacial score (nSPS) is 22.7. The molecular weight excluding hydrogens is 238 g/mol. The quantitative estimate of drug-likeness (QED) is 0.856. The highest BCUT2D eigenvalue weighted by atomic mass is 16.2. The van der Waals surface area contributed by atoms with Gasteiger partial charge in [-0.15, -0.1) is 0 Å². The predicted molar refractivity (Wildman–Crippen MR) is 73.9 cm³/mol. The van der Waals surface area contributed by atoms with Crippen LogP contribution < -0.4 is 5.73 Å². The Morgan fingerprint density at radius 2 is 1.95 bits per heavy atom. The zero-order chi connectivity index (χ0) is 13.2. The molecule has 98 valence electrons. The maximum atomic E-state index is 12.3.